The van der Waals surface area contributed by atoms with Crippen LogP contribution < -0.4 is 11.4 Å². The maximum atomic E-state index is 11.6. The quantitative estimate of drug-likeness (QED) is 0.762. The third kappa shape index (κ3) is 1.38. The van der Waals surface area contributed by atoms with Crippen LogP contribution in [0.25, 0.3) is 10.9 Å². The van der Waals surface area contributed by atoms with Crippen molar-refractivity contribution in [2.45, 2.75) is 18.9 Å². The Labute approximate surface area is 95.1 Å². The topological polar surface area (TPSA) is 52.2 Å². The first-order valence-corrected chi connectivity index (χ1v) is 5.39. The summed E-state index contributed by atoms with van der Waals surface area (Å²) < 4.78 is 6.21. The van der Waals surface area contributed by atoms with Gasteiger partial charge in [0, 0.05) is 11.1 Å². The van der Waals surface area contributed by atoms with Gasteiger partial charge in [-0.25, -0.2) is 9.59 Å². The molecule has 0 radical (unpaired) electrons. The van der Waals surface area contributed by atoms with Crippen LogP contribution in [-0.4, -0.2) is 4.57 Å². The molecule has 0 N–H and O–H groups in total. The fourth-order valence-corrected chi connectivity index (χ4v) is 2.01. The lowest BCUT2D eigenvalue weighted by Gasteiger charge is -2.06. The summed E-state index contributed by atoms with van der Waals surface area (Å²) in [6.07, 6.45) is 1.90. The van der Waals surface area contributed by atoms with E-state index in [-0.39, 0.29) is 6.04 Å². The summed E-state index contributed by atoms with van der Waals surface area (Å²) >= 11 is 5.81. The standard InChI is InChI=1S/C11H8ClNO3/c12-6-1-4-9-8(5-6)10(14)16-11(15)13(9)7-2-3-7/h1,4-5,7H,2-3H2. The average molecular weight is 238 g/mol. The molecular weight excluding hydrogens is 230 g/mol. The lowest BCUT2D eigenvalue weighted by molar-refractivity contribution is 0.418. The molecule has 0 amide bonds. The van der Waals surface area contributed by atoms with E-state index in [0.29, 0.717) is 15.9 Å². The molecule has 16 heavy (non-hydrogen) atoms. The monoisotopic (exact) mass is 237 g/mol. The molecule has 5 heteroatoms. The van der Waals surface area contributed by atoms with E-state index in [1.165, 1.54) is 10.6 Å². The predicted molar refractivity (Wildman–Crippen MR) is 60.0 cm³/mol. The van der Waals surface area contributed by atoms with Gasteiger partial charge in [0.15, 0.2) is 0 Å². The Morgan fingerprint density at radius 1 is 1.31 bits per heavy atom. The molecule has 0 unspecified atom stereocenters. The van der Waals surface area contributed by atoms with E-state index < -0.39 is 11.4 Å². The number of aromatic nitrogens is 1. The van der Waals surface area contributed by atoms with Gasteiger partial charge in [-0.15, -0.1) is 0 Å². The van der Waals surface area contributed by atoms with E-state index in [4.69, 9.17) is 11.6 Å². The Morgan fingerprint density at radius 3 is 2.75 bits per heavy atom. The van der Waals surface area contributed by atoms with Crippen molar-refractivity contribution in [2.24, 2.45) is 0 Å². The number of fused-ring (bicyclic) bond motifs is 1. The summed E-state index contributed by atoms with van der Waals surface area (Å²) in [5, 5.41) is 0.819. The Hall–Kier alpha value is -1.55. The van der Waals surface area contributed by atoms with Gasteiger partial charge >= 0.3 is 11.4 Å². The zero-order valence-electron chi connectivity index (χ0n) is 8.27. The average Bonchev–Trinajstić information content (AvgIpc) is 3.03. The van der Waals surface area contributed by atoms with E-state index >= 15 is 0 Å². The number of nitrogens with zero attached hydrogens (tertiary/aromatic N) is 1. The highest BCUT2D eigenvalue weighted by molar-refractivity contribution is 6.31. The minimum Gasteiger partial charge on any atom is -0.372 e. The van der Waals surface area contributed by atoms with Crippen molar-refractivity contribution >= 4 is 22.5 Å². The second-order valence-electron chi connectivity index (χ2n) is 3.92. The summed E-state index contributed by atoms with van der Waals surface area (Å²) in [7, 11) is 0. The van der Waals surface area contributed by atoms with Gasteiger partial charge in [-0.2, -0.15) is 0 Å². The third-order valence-corrected chi connectivity index (χ3v) is 2.96. The minimum absolute atomic E-state index is 0.167. The van der Waals surface area contributed by atoms with Crippen molar-refractivity contribution < 1.29 is 4.42 Å². The molecule has 1 aliphatic carbocycles. The first kappa shape index (κ1) is 9.66. The molecule has 4 nitrogen and oxygen atoms in total. The maximum absolute atomic E-state index is 11.6. The lowest BCUT2D eigenvalue weighted by Crippen LogP contribution is -2.24. The smallest absolute Gasteiger partial charge is 0.372 e. The van der Waals surface area contributed by atoms with Crippen molar-refractivity contribution in [1.82, 2.24) is 4.57 Å². The van der Waals surface area contributed by atoms with Gasteiger partial charge in [0.25, 0.3) is 0 Å². The SMILES string of the molecule is O=c1oc(=O)n(C2CC2)c2ccc(Cl)cc12. The van der Waals surface area contributed by atoms with Crippen LogP contribution in [-0.2, 0) is 0 Å². The Morgan fingerprint density at radius 2 is 2.06 bits per heavy atom. The number of hydrogen-bond acceptors (Lipinski definition) is 3. The molecule has 3 rings (SSSR count). The number of halogens is 1. The third-order valence-electron chi connectivity index (χ3n) is 2.73. The Kier molecular flexibility index (Phi) is 1.94. The largest absolute Gasteiger partial charge is 0.422 e. The number of benzene rings is 1. The van der Waals surface area contributed by atoms with Crippen molar-refractivity contribution in [3.05, 3.63) is 44.2 Å². The molecule has 2 aromatic rings. The molecule has 1 fully saturated rings. The van der Waals surface area contributed by atoms with Gasteiger partial charge < -0.3 is 4.42 Å². The molecule has 1 heterocycles. The second-order valence-corrected chi connectivity index (χ2v) is 4.35. The summed E-state index contributed by atoms with van der Waals surface area (Å²) in [5.74, 6) is -0.581. The molecule has 1 saturated carbocycles. The lowest BCUT2D eigenvalue weighted by atomic mass is 10.2. The van der Waals surface area contributed by atoms with Crippen LogP contribution in [0.15, 0.2) is 32.2 Å². The number of hydrogen-bond donors (Lipinski definition) is 0. The fraction of sp³-hybridized carbons (Fsp3) is 0.273. The minimum atomic E-state index is -0.626. The Bertz CT molecular complexity index is 682. The zero-order valence-corrected chi connectivity index (χ0v) is 9.03. The van der Waals surface area contributed by atoms with Crippen molar-refractivity contribution in [3.8, 4) is 0 Å². The number of rotatable bonds is 1. The van der Waals surface area contributed by atoms with Crippen LogP contribution in [0.5, 0.6) is 0 Å². The molecule has 1 aliphatic rings. The molecule has 1 aromatic carbocycles. The molecule has 0 bridgehead atoms. The normalized spacial score (nSPS) is 15.6. The molecule has 82 valence electrons. The summed E-state index contributed by atoms with van der Waals surface area (Å²) in [4.78, 5) is 23.1. The summed E-state index contributed by atoms with van der Waals surface area (Å²) in [6, 6.07) is 5.05. The van der Waals surface area contributed by atoms with E-state index in [1.54, 1.807) is 12.1 Å². The Balaban J connectivity index is 2.49. The van der Waals surface area contributed by atoms with Gasteiger partial charge in [0.05, 0.1) is 10.9 Å². The van der Waals surface area contributed by atoms with Crippen LogP contribution in [0.4, 0.5) is 0 Å². The second kappa shape index (κ2) is 3.22. The van der Waals surface area contributed by atoms with Gasteiger partial charge in [-0.3, -0.25) is 4.57 Å². The van der Waals surface area contributed by atoms with Gasteiger partial charge in [-0.05, 0) is 31.0 Å². The highest BCUT2D eigenvalue weighted by Gasteiger charge is 2.27. The van der Waals surface area contributed by atoms with Gasteiger partial charge in [0.2, 0.25) is 0 Å². The highest BCUT2D eigenvalue weighted by atomic mass is 35.5. The molecular formula is C11H8ClNO3. The van der Waals surface area contributed by atoms with Gasteiger partial charge in [0.1, 0.15) is 0 Å². The van der Waals surface area contributed by atoms with E-state index in [0.717, 1.165) is 12.8 Å². The van der Waals surface area contributed by atoms with E-state index in [1.807, 2.05) is 0 Å². The first-order chi connectivity index (χ1) is 7.66. The zero-order chi connectivity index (χ0) is 11.3. The summed E-state index contributed by atoms with van der Waals surface area (Å²) in [5.41, 5.74) is -0.0208. The molecule has 0 aliphatic heterocycles. The molecule has 0 atom stereocenters. The first-order valence-electron chi connectivity index (χ1n) is 5.02. The predicted octanol–water partition coefficient (Wildman–Crippen LogP) is 1.94. The summed E-state index contributed by atoms with van der Waals surface area (Å²) in [6.45, 7) is 0. The van der Waals surface area contributed by atoms with Crippen molar-refractivity contribution in [2.75, 3.05) is 0 Å². The van der Waals surface area contributed by atoms with Crippen LogP contribution in [0.1, 0.15) is 18.9 Å². The van der Waals surface area contributed by atoms with E-state index in [2.05, 4.69) is 4.42 Å². The molecule has 0 spiro atoms. The van der Waals surface area contributed by atoms with Gasteiger partial charge in [-0.1, -0.05) is 11.6 Å². The highest BCUT2D eigenvalue weighted by Crippen LogP contribution is 2.35. The van der Waals surface area contributed by atoms with Crippen LogP contribution in [0.2, 0.25) is 5.02 Å². The van der Waals surface area contributed by atoms with Crippen LogP contribution in [0, 0.1) is 0 Å². The van der Waals surface area contributed by atoms with Crippen LogP contribution >= 0.6 is 11.6 Å². The van der Waals surface area contributed by atoms with Crippen LogP contribution in [0.3, 0.4) is 0 Å². The molecule has 0 saturated heterocycles. The van der Waals surface area contributed by atoms with Crippen molar-refractivity contribution in [1.29, 1.82) is 0 Å². The van der Waals surface area contributed by atoms with E-state index in [9.17, 15) is 9.59 Å². The maximum Gasteiger partial charge on any atom is 0.422 e. The molecule has 1 aromatic heterocycles. The van der Waals surface area contributed by atoms with Crippen molar-refractivity contribution in [3.63, 3.8) is 0 Å². The fourth-order valence-electron chi connectivity index (χ4n) is 1.84.